The van der Waals surface area contributed by atoms with E-state index in [9.17, 15) is 0 Å². The van der Waals surface area contributed by atoms with Crippen molar-refractivity contribution in [2.45, 2.75) is 50.7 Å². The largest absolute Gasteiger partial charge is 0.490 e. The summed E-state index contributed by atoms with van der Waals surface area (Å²) in [5, 5.41) is 0. The van der Waals surface area contributed by atoms with Crippen LogP contribution in [0, 0.1) is 5.92 Å². The Morgan fingerprint density at radius 3 is 2.61 bits per heavy atom. The van der Waals surface area contributed by atoms with Gasteiger partial charge >= 0.3 is 0 Å². The van der Waals surface area contributed by atoms with E-state index in [1.165, 1.54) is 44.1 Å². The van der Waals surface area contributed by atoms with Gasteiger partial charge in [-0.1, -0.05) is 25.0 Å². The second-order valence-corrected chi connectivity index (χ2v) is 5.58. The van der Waals surface area contributed by atoms with Crippen molar-refractivity contribution in [1.82, 2.24) is 5.43 Å². The molecule has 3 N–H and O–H groups in total. The number of hydrogen-bond acceptors (Lipinski definition) is 3. The summed E-state index contributed by atoms with van der Waals surface area (Å²) in [4.78, 5) is 0. The zero-order valence-corrected chi connectivity index (χ0v) is 10.8. The van der Waals surface area contributed by atoms with Crippen LogP contribution in [0.4, 0.5) is 0 Å². The Morgan fingerprint density at radius 2 is 1.94 bits per heavy atom. The number of hydrazine groups is 1. The topological polar surface area (TPSA) is 47.3 Å². The molecule has 0 aromatic heterocycles. The summed E-state index contributed by atoms with van der Waals surface area (Å²) in [6.07, 6.45) is 8.08. The number of nitrogens with one attached hydrogen (secondary N) is 1. The second kappa shape index (κ2) is 5.29. The lowest BCUT2D eigenvalue weighted by atomic mass is 9.92. The molecule has 18 heavy (non-hydrogen) atoms. The van der Waals surface area contributed by atoms with Crippen LogP contribution in [0.25, 0.3) is 0 Å². The average molecular weight is 246 g/mol. The maximum atomic E-state index is 5.85. The van der Waals surface area contributed by atoms with Gasteiger partial charge in [0.25, 0.3) is 0 Å². The highest BCUT2D eigenvalue weighted by atomic mass is 16.5. The van der Waals surface area contributed by atoms with Crippen molar-refractivity contribution in [3.8, 4) is 5.75 Å². The maximum absolute atomic E-state index is 5.85. The Balaban J connectivity index is 1.75. The van der Waals surface area contributed by atoms with Gasteiger partial charge in [-0.15, -0.1) is 0 Å². The first-order chi connectivity index (χ1) is 8.86. The number of rotatable bonds is 5. The minimum Gasteiger partial charge on any atom is -0.490 e. The van der Waals surface area contributed by atoms with E-state index in [4.69, 9.17) is 10.6 Å². The normalized spacial score (nSPS) is 22.1. The van der Waals surface area contributed by atoms with Crippen molar-refractivity contribution >= 4 is 0 Å². The summed E-state index contributed by atoms with van der Waals surface area (Å²) in [5.74, 6) is 7.42. The number of ether oxygens (including phenoxy) is 1. The Morgan fingerprint density at radius 1 is 1.17 bits per heavy atom. The second-order valence-electron chi connectivity index (χ2n) is 5.58. The molecule has 0 saturated heterocycles. The van der Waals surface area contributed by atoms with Crippen molar-refractivity contribution in [3.63, 3.8) is 0 Å². The molecule has 98 valence electrons. The molecule has 2 saturated carbocycles. The van der Waals surface area contributed by atoms with E-state index >= 15 is 0 Å². The van der Waals surface area contributed by atoms with Gasteiger partial charge in [0.2, 0.25) is 0 Å². The Hall–Kier alpha value is -1.06. The van der Waals surface area contributed by atoms with Gasteiger partial charge in [-0.25, -0.2) is 0 Å². The zero-order chi connectivity index (χ0) is 12.4. The van der Waals surface area contributed by atoms with Gasteiger partial charge in [0.1, 0.15) is 5.75 Å². The predicted molar refractivity (Wildman–Crippen MR) is 72.1 cm³/mol. The van der Waals surface area contributed by atoms with Crippen LogP contribution in [0.5, 0.6) is 5.75 Å². The van der Waals surface area contributed by atoms with E-state index in [0.29, 0.717) is 12.0 Å². The average Bonchev–Trinajstić information content (AvgIpc) is 3.04. The van der Waals surface area contributed by atoms with E-state index in [1.807, 2.05) is 6.07 Å². The molecule has 2 aliphatic rings. The number of hydrogen-bond donors (Lipinski definition) is 2. The van der Waals surface area contributed by atoms with Crippen molar-refractivity contribution in [1.29, 1.82) is 0 Å². The number of benzene rings is 1. The quantitative estimate of drug-likeness (QED) is 0.620. The van der Waals surface area contributed by atoms with Crippen molar-refractivity contribution in [2.75, 3.05) is 0 Å². The van der Waals surface area contributed by atoms with Crippen LogP contribution < -0.4 is 16.0 Å². The van der Waals surface area contributed by atoms with Gasteiger partial charge in [0.05, 0.1) is 6.10 Å². The summed E-state index contributed by atoms with van der Waals surface area (Å²) >= 11 is 0. The van der Waals surface area contributed by atoms with E-state index < -0.39 is 0 Å². The molecular weight excluding hydrogens is 224 g/mol. The monoisotopic (exact) mass is 246 g/mol. The molecule has 1 aromatic rings. The summed E-state index contributed by atoms with van der Waals surface area (Å²) in [5.41, 5.74) is 4.27. The van der Waals surface area contributed by atoms with Gasteiger partial charge in [-0.2, -0.15) is 0 Å². The van der Waals surface area contributed by atoms with Crippen LogP contribution in [-0.4, -0.2) is 6.10 Å². The molecule has 1 aromatic carbocycles. The summed E-state index contributed by atoms with van der Waals surface area (Å²) in [7, 11) is 0. The molecule has 0 radical (unpaired) electrons. The number of nitrogens with two attached hydrogens (primary N) is 1. The minimum absolute atomic E-state index is 0.273. The van der Waals surface area contributed by atoms with Crippen molar-refractivity contribution < 1.29 is 4.74 Å². The molecule has 2 aliphatic carbocycles. The Labute approximate surface area is 109 Å². The van der Waals surface area contributed by atoms with Gasteiger partial charge in [-0.05, 0) is 49.3 Å². The predicted octanol–water partition coefficient (Wildman–Crippen LogP) is 2.92. The smallest absolute Gasteiger partial charge is 0.120 e. The fourth-order valence-electron chi connectivity index (χ4n) is 2.95. The SMILES string of the molecule is NNC(c1cccc(OC2CC2)c1)C1CCCC1. The van der Waals surface area contributed by atoms with Gasteiger partial charge in [-0.3, -0.25) is 11.3 Å². The molecule has 3 rings (SSSR count). The third-order valence-corrected chi connectivity index (χ3v) is 4.10. The zero-order valence-electron chi connectivity index (χ0n) is 10.8. The summed E-state index contributed by atoms with van der Waals surface area (Å²) in [6.45, 7) is 0. The first kappa shape index (κ1) is 12.0. The molecule has 0 bridgehead atoms. The molecule has 0 aliphatic heterocycles. The van der Waals surface area contributed by atoms with Crippen LogP contribution in [-0.2, 0) is 0 Å². The van der Waals surface area contributed by atoms with Crippen LogP contribution in [0.15, 0.2) is 24.3 Å². The molecule has 3 heteroatoms. The standard InChI is InChI=1S/C15H22N2O/c16-17-15(11-4-1-2-5-11)12-6-3-7-14(10-12)18-13-8-9-13/h3,6-7,10-11,13,15,17H,1-2,4-5,8-9,16H2. The minimum atomic E-state index is 0.273. The maximum Gasteiger partial charge on any atom is 0.120 e. The molecule has 0 heterocycles. The van der Waals surface area contributed by atoms with E-state index in [-0.39, 0.29) is 6.04 Å². The fraction of sp³-hybridized carbons (Fsp3) is 0.600. The van der Waals surface area contributed by atoms with Crippen molar-refractivity contribution in [2.24, 2.45) is 11.8 Å². The summed E-state index contributed by atoms with van der Waals surface area (Å²) in [6, 6.07) is 8.70. The molecule has 1 atom stereocenters. The lowest BCUT2D eigenvalue weighted by Crippen LogP contribution is -2.32. The molecule has 0 spiro atoms. The van der Waals surface area contributed by atoms with Gasteiger partial charge < -0.3 is 4.74 Å². The van der Waals surface area contributed by atoms with E-state index in [2.05, 4.69) is 23.6 Å². The first-order valence-electron chi connectivity index (χ1n) is 7.09. The Kier molecular flexibility index (Phi) is 3.52. The summed E-state index contributed by atoms with van der Waals surface area (Å²) < 4.78 is 5.85. The lowest BCUT2D eigenvalue weighted by Gasteiger charge is -2.23. The molecule has 3 nitrogen and oxygen atoms in total. The van der Waals surface area contributed by atoms with Crippen LogP contribution in [0.1, 0.15) is 50.1 Å². The third kappa shape index (κ3) is 2.68. The molecule has 2 fully saturated rings. The Bertz CT molecular complexity index is 397. The molecule has 1 unspecified atom stereocenters. The van der Waals surface area contributed by atoms with Gasteiger partial charge in [0, 0.05) is 6.04 Å². The van der Waals surface area contributed by atoms with Crippen molar-refractivity contribution in [3.05, 3.63) is 29.8 Å². The van der Waals surface area contributed by atoms with Crippen LogP contribution in [0.2, 0.25) is 0 Å². The third-order valence-electron chi connectivity index (χ3n) is 4.10. The molecule has 0 amide bonds. The highest BCUT2D eigenvalue weighted by Gasteiger charge is 2.27. The highest BCUT2D eigenvalue weighted by Crippen LogP contribution is 2.36. The lowest BCUT2D eigenvalue weighted by molar-refractivity contribution is 0.301. The molecular formula is C15H22N2O. The first-order valence-corrected chi connectivity index (χ1v) is 7.09. The van der Waals surface area contributed by atoms with Crippen LogP contribution in [0.3, 0.4) is 0 Å². The van der Waals surface area contributed by atoms with Gasteiger partial charge in [0.15, 0.2) is 0 Å². The van der Waals surface area contributed by atoms with E-state index in [0.717, 1.165) is 5.75 Å². The fourth-order valence-corrected chi connectivity index (χ4v) is 2.95. The van der Waals surface area contributed by atoms with Crippen LogP contribution >= 0.6 is 0 Å². The highest BCUT2D eigenvalue weighted by molar-refractivity contribution is 5.31. The van der Waals surface area contributed by atoms with E-state index in [1.54, 1.807) is 0 Å².